The maximum absolute atomic E-state index is 13.9. The number of para-hydroxylation sites is 1. The number of unbranched alkanes of at least 4 members (excludes halogenated alkanes) is 1. The summed E-state index contributed by atoms with van der Waals surface area (Å²) < 4.78 is 12.0. The molecule has 0 unspecified atom stereocenters. The molecule has 1 aliphatic carbocycles. The predicted molar refractivity (Wildman–Crippen MR) is 152 cm³/mol. The number of ketones is 1. The minimum Gasteiger partial charge on any atom is -0.489 e. The largest absolute Gasteiger partial charge is 0.489 e. The van der Waals surface area contributed by atoms with E-state index in [2.05, 4.69) is 24.4 Å². The molecule has 5 heteroatoms. The minimum atomic E-state index is -0.563. The molecule has 2 aliphatic rings. The van der Waals surface area contributed by atoms with Gasteiger partial charge in [-0.3, -0.25) is 4.79 Å². The smallest absolute Gasteiger partial charge is 0.336 e. The molecule has 0 aromatic heterocycles. The monoisotopic (exact) mass is 521 g/mol. The van der Waals surface area contributed by atoms with E-state index in [-0.39, 0.29) is 17.7 Å². The second kappa shape index (κ2) is 12.2. The van der Waals surface area contributed by atoms with Crippen molar-refractivity contribution >= 4 is 11.8 Å². The Bertz CT molecular complexity index is 1390. The number of dihydropyridines is 1. The van der Waals surface area contributed by atoms with Crippen LogP contribution in [0.15, 0.2) is 107 Å². The van der Waals surface area contributed by atoms with Crippen LogP contribution in [0.4, 0.5) is 0 Å². The van der Waals surface area contributed by atoms with Crippen LogP contribution in [0.25, 0.3) is 0 Å². The molecule has 3 aromatic rings. The SMILES string of the molecule is CCCCOC(=O)C1=C(C)NC2=C(C(=O)C[C@@H](c3ccccc3)C2)[C@H]1c1ccccc1OCc1ccccc1. The van der Waals surface area contributed by atoms with Crippen LogP contribution in [-0.4, -0.2) is 18.4 Å². The molecule has 39 heavy (non-hydrogen) atoms. The van der Waals surface area contributed by atoms with Gasteiger partial charge in [0.05, 0.1) is 18.1 Å². The van der Waals surface area contributed by atoms with Crippen LogP contribution < -0.4 is 10.1 Å². The first-order chi connectivity index (χ1) is 19.1. The quantitative estimate of drug-likeness (QED) is 0.243. The Morgan fingerprint density at radius 2 is 1.62 bits per heavy atom. The summed E-state index contributed by atoms with van der Waals surface area (Å²) in [6.07, 6.45) is 2.81. The van der Waals surface area contributed by atoms with Gasteiger partial charge < -0.3 is 14.8 Å². The first-order valence-corrected chi connectivity index (χ1v) is 13.8. The molecule has 200 valence electrons. The van der Waals surface area contributed by atoms with Crippen molar-refractivity contribution in [3.8, 4) is 5.75 Å². The molecule has 0 saturated heterocycles. The van der Waals surface area contributed by atoms with E-state index < -0.39 is 5.92 Å². The molecule has 0 fully saturated rings. The highest BCUT2D eigenvalue weighted by Gasteiger charge is 2.42. The molecular weight excluding hydrogens is 486 g/mol. The lowest BCUT2D eigenvalue weighted by Gasteiger charge is -2.37. The zero-order chi connectivity index (χ0) is 27.2. The number of benzene rings is 3. The van der Waals surface area contributed by atoms with Crippen molar-refractivity contribution < 1.29 is 19.1 Å². The number of esters is 1. The number of nitrogens with one attached hydrogen (secondary N) is 1. The van der Waals surface area contributed by atoms with Crippen molar-refractivity contribution in [3.05, 3.63) is 124 Å². The Balaban J connectivity index is 1.55. The van der Waals surface area contributed by atoms with Gasteiger partial charge in [-0.25, -0.2) is 4.79 Å². The van der Waals surface area contributed by atoms with Crippen molar-refractivity contribution in [1.29, 1.82) is 0 Å². The fourth-order valence-electron chi connectivity index (χ4n) is 5.55. The first kappa shape index (κ1) is 26.5. The Labute approximate surface area is 230 Å². The average Bonchev–Trinajstić information content (AvgIpc) is 2.96. The van der Waals surface area contributed by atoms with Crippen LogP contribution in [-0.2, 0) is 20.9 Å². The summed E-state index contributed by atoms with van der Waals surface area (Å²) in [4.78, 5) is 27.4. The van der Waals surface area contributed by atoms with Crippen LogP contribution in [0.3, 0.4) is 0 Å². The molecule has 1 N–H and O–H groups in total. The summed E-state index contributed by atoms with van der Waals surface area (Å²) in [6.45, 7) is 4.69. The molecule has 0 amide bonds. The van der Waals surface area contributed by atoms with Gasteiger partial charge in [0.1, 0.15) is 12.4 Å². The fraction of sp³-hybridized carbons (Fsp3) is 0.294. The number of rotatable bonds is 9. The van der Waals surface area contributed by atoms with Gasteiger partial charge in [0, 0.05) is 29.0 Å². The highest BCUT2D eigenvalue weighted by molar-refractivity contribution is 6.04. The van der Waals surface area contributed by atoms with Crippen molar-refractivity contribution in [2.24, 2.45) is 0 Å². The first-order valence-electron chi connectivity index (χ1n) is 13.8. The van der Waals surface area contributed by atoms with Gasteiger partial charge in [-0.1, -0.05) is 92.2 Å². The second-order valence-corrected chi connectivity index (χ2v) is 10.2. The molecular formula is C34H35NO4. The van der Waals surface area contributed by atoms with Crippen LogP contribution in [0.5, 0.6) is 5.75 Å². The molecule has 1 aliphatic heterocycles. The standard InChI is InChI=1S/C34H35NO4/c1-3-4-19-38-34(37)31-23(2)35-28-20-26(25-15-9-6-10-16-25)21-29(36)33(28)32(31)27-17-11-12-18-30(27)39-22-24-13-7-5-8-14-24/h5-18,26,32,35H,3-4,19-22H2,1-2H3/t26-,32-/m0/s1. The van der Waals surface area contributed by atoms with Crippen LogP contribution >= 0.6 is 0 Å². The molecule has 0 bridgehead atoms. The van der Waals surface area contributed by atoms with Gasteiger partial charge >= 0.3 is 5.97 Å². The number of hydrogen-bond donors (Lipinski definition) is 1. The lowest BCUT2D eigenvalue weighted by atomic mass is 9.71. The van der Waals surface area contributed by atoms with Gasteiger partial charge in [0.2, 0.25) is 0 Å². The Morgan fingerprint density at radius 3 is 2.36 bits per heavy atom. The average molecular weight is 522 g/mol. The lowest BCUT2D eigenvalue weighted by Crippen LogP contribution is -2.36. The van der Waals surface area contributed by atoms with E-state index in [0.29, 0.717) is 43.0 Å². The van der Waals surface area contributed by atoms with Crippen LogP contribution in [0, 0.1) is 0 Å². The summed E-state index contributed by atoms with van der Waals surface area (Å²) >= 11 is 0. The summed E-state index contributed by atoms with van der Waals surface area (Å²) in [5.74, 6) is -0.162. The van der Waals surface area contributed by atoms with Gasteiger partial charge in [0.25, 0.3) is 0 Å². The highest BCUT2D eigenvalue weighted by Crippen LogP contribution is 2.47. The molecule has 5 rings (SSSR count). The van der Waals surface area contributed by atoms with Gasteiger partial charge in [-0.05, 0) is 42.9 Å². The van der Waals surface area contributed by atoms with Crippen LogP contribution in [0.2, 0.25) is 0 Å². The number of Topliss-reactive ketones (excluding diaryl/α,β-unsaturated/α-hetero) is 1. The zero-order valence-corrected chi connectivity index (χ0v) is 22.6. The van der Waals surface area contributed by atoms with E-state index >= 15 is 0 Å². The topological polar surface area (TPSA) is 64.6 Å². The summed E-state index contributed by atoms with van der Waals surface area (Å²) in [6, 6.07) is 27.9. The second-order valence-electron chi connectivity index (χ2n) is 10.2. The van der Waals surface area contributed by atoms with E-state index in [9.17, 15) is 9.59 Å². The number of carbonyl (C=O) groups excluding carboxylic acids is 2. The van der Waals surface area contributed by atoms with Crippen molar-refractivity contribution in [3.63, 3.8) is 0 Å². The van der Waals surface area contributed by atoms with Gasteiger partial charge in [-0.2, -0.15) is 0 Å². The van der Waals surface area contributed by atoms with Crippen molar-refractivity contribution in [1.82, 2.24) is 5.32 Å². The highest BCUT2D eigenvalue weighted by atomic mass is 16.5. The number of carbonyl (C=O) groups is 2. The third-order valence-electron chi connectivity index (χ3n) is 7.52. The Kier molecular flexibility index (Phi) is 8.26. The predicted octanol–water partition coefficient (Wildman–Crippen LogP) is 6.97. The maximum Gasteiger partial charge on any atom is 0.336 e. The van der Waals surface area contributed by atoms with Gasteiger partial charge in [0.15, 0.2) is 5.78 Å². The van der Waals surface area contributed by atoms with E-state index in [1.165, 1.54) is 0 Å². The zero-order valence-electron chi connectivity index (χ0n) is 22.6. The number of hydrogen-bond acceptors (Lipinski definition) is 5. The third-order valence-corrected chi connectivity index (χ3v) is 7.52. The molecule has 0 spiro atoms. The van der Waals surface area contributed by atoms with Crippen molar-refractivity contribution in [2.45, 2.75) is 58.0 Å². The fourth-order valence-corrected chi connectivity index (χ4v) is 5.55. The van der Waals surface area contributed by atoms with E-state index in [4.69, 9.17) is 9.47 Å². The van der Waals surface area contributed by atoms with Gasteiger partial charge in [-0.15, -0.1) is 0 Å². The lowest BCUT2D eigenvalue weighted by molar-refractivity contribution is -0.139. The molecule has 0 radical (unpaired) electrons. The Morgan fingerprint density at radius 1 is 0.923 bits per heavy atom. The van der Waals surface area contributed by atoms with Crippen molar-refractivity contribution in [2.75, 3.05) is 6.61 Å². The normalized spacial score (nSPS) is 18.9. The third kappa shape index (κ3) is 5.83. The summed E-state index contributed by atoms with van der Waals surface area (Å²) in [5, 5.41) is 3.44. The summed E-state index contributed by atoms with van der Waals surface area (Å²) in [5.41, 5.74) is 5.72. The number of allylic oxidation sites excluding steroid dienone is 3. The van der Waals surface area contributed by atoms with E-state index in [0.717, 1.165) is 40.9 Å². The molecule has 2 atom stereocenters. The van der Waals surface area contributed by atoms with Crippen LogP contribution in [0.1, 0.15) is 68.1 Å². The maximum atomic E-state index is 13.9. The Hall–Kier alpha value is -4.12. The molecule has 3 aromatic carbocycles. The number of ether oxygens (including phenoxy) is 2. The molecule has 5 nitrogen and oxygen atoms in total. The van der Waals surface area contributed by atoms with E-state index in [1.54, 1.807) is 0 Å². The molecule has 1 heterocycles. The summed E-state index contributed by atoms with van der Waals surface area (Å²) in [7, 11) is 0. The molecule has 0 saturated carbocycles. The minimum absolute atomic E-state index is 0.0480. The van der Waals surface area contributed by atoms with E-state index in [1.807, 2.05) is 79.7 Å².